The Morgan fingerprint density at radius 1 is 1.35 bits per heavy atom. The fraction of sp³-hybridized carbons (Fsp3) is 0.450. The lowest BCUT2D eigenvalue weighted by molar-refractivity contribution is -0.124. The number of para-hydroxylation sites is 1. The average molecular weight is 356 g/mol. The molecule has 1 aliphatic rings. The first-order valence-corrected chi connectivity index (χ1v) is 9.03. The van der Waals surface area contributed by atoms with Gasteiger partial charge in [0.1, 0.15) is 0 Å². The fourth-order valence-electron chi connectivity index (χ4n) is 3.25. The van der Waals surface area contributed by atoms with Crippen molar-refractivity contribution in [3.63, 3.8) is 0 Å². The summed E-state index contributed by atoms with van der Waals surface area (Å²) in [7, 11) is 0. The zero-order valence-corrected chi connectivity index (χ0v) is 15.2. The van der Waals surface area contributed by atoms with Crippen molar-refractivity contribution in [2.45, 2.75) is 39.2 Å². The first kappa shape index (κ1) is 18.3. The van der Waals surface area contributed by atoms with Crippen LogP contribution in [0.1, 0.15) is 41.4 Å². The number of carbonyl (C=O) groups excluding carboxylic acids is 2. The summed E-state index contributed by atoms with van der Waals surface area (Å²) in [6.07, 6.45) is 2.75. The molecule has 0 unspecified atom stereocenters. The van der Waals surface area contributed by atoms with Crippen molar-refractivity contribution >= 4 is 22.8 Å². The van der Waals surface area contributed by atoms with Gasteiger partial charge < -0.3 is 14.8 Å². The van der Waals surface area contributed by atoms with Crippen LogP contribution in [0, 0.1) is 6.92 Å². The molecule has 6 nitrogen and oxygen atoms in total. The second-order valence-corrected chi connectivity index (χ2v) is 6.44. The van der Waals surface area contributed by atoms with E-state index in [2.05, 4.69) is 10.3 Å². The van der Waals surface area contributed by atoms with E-state index in [-0.39, 0.29) is 18.6 Å². The highest BCUT2D eigenvalue weighted by Gasteiger charge is 2.20. The number of fused-ring (bicyclic) bond motifs is 1. The monoisotopic (exact) mass is 356 g/mol. The zero-order valence-electron chi connectivity index (χ0n) is 15.2. The van der Waals surface area contributed by atoms with Gasteiger partial charge in [0.15, 0.2) is 6.61 Å². The third kappa shape index (κ3) is 4.02. The molecule has 26 heavy (non-hydrogen) atoms. The first-order valence-electron chi connectivity index (χ1n) is 9.03. The number of esters is 1. The molecule has 0 radical (unpaired) electrons. The number of amides is 1. The molecule has 1 amide bonds. The van der Waals surface area contributed by atoms with Crippen molar-refractivity contribution in [2.24, 2.45) is 0 Å². The highest BCUT2D eigenvalue weighted by Crippen LogP contribution is 2.24. The molecule has 1 aliphatic heterocycles. The van der Waals surface area contributed by atoms with Crippen LogP contribution in [0.3, 0.4) is 0 Å². The summed E-state index contributed by atoms with van der Waals surface area (Å²) in [5.74, 6) is -0.816. The summed E-state index contributed by atoms with van der Waals surface area (Å²) in [6, 6.07) is 7.47. The maximum Gasteiger partial charge on any atom is 0.339 e. The topological polar surface area (TPSA) is 77.5 Å². The number of aryl methyl sites for hydroxylation is 1. The largest absolute Gasteiger partial charge is 0.452 e. The molecule has 1 aromatic heterocycles. The number of nitrogens with one attached hydrogen (secondary N) is 1. The van der Waals surface area contributed by atoms with Gasteiger partial charge >= 0.3 is 5.97 Å². The summed E-state index contributed by atoms with van der Waals surface area (Å²) in [6.45, 7) is 4.75. The quantitative estimate of drug-likeness (QED) is 0.805. The number of pyridine rings is 1. The number of rotatable bonds is 6. The summed E-state index contributed by atoms with van der Waals surface area (Å²) in [5, 5.41) is 3.49. The van der Waals surface area contributed by atoms with E-state index >= 15 is 0 Å². The van der Waals surface area contributed by atoms with Crippen LogP contribution in [-0.2, 0) is 20.7 Å². The van der Waals surface area contributed by atoms with E-state index in [9.17, 15) is 9.59 Å². The van der Waals surface area contributed by atoms with Crippen molar-refractivity contribution in [1.29, 1.82) is 0 Å². The van der Waals surface area contributed by atoms with Crippen LogP contribution in [0.15, 0.2) is 24.3 Å². The standard InChI is InChI=1S/C20H24N2O4/c1-3-16-13(2)19(15-8-4-5-9-17(15)22-16)20(24)26-12-18(23)21-11-14-7-6-10-25-14/h4-5,8-9,14H,3,6-7,10-12H2,1-2H3,(H,21,23)/t14-/m0/s1. The Labute approximate surface area is 152 Å². The predicted molar refractivity (Wildman–Crippen MR) is 98.1 cm³/mol. The van der Waals surface area contributed by atoms with E-state index in [1.165, 1.54) is 0 Å². The molecule has 0 saturated carbocycles. The Bertz CT molecular complexity index is 813. The van der Waals surface area contributed by atoms with Crippen molar-refractivity contribution in [3.05, 3.63) is 41.1 Å². The lowest BCUT2D eigenvalue weighted by Crippen LogP contribution is -2.34. The van der Waals surface area contributed by atoms with Crippen molar-refractivity contribution in [3.8, 4) is 0 Å². The van der Waals surface area contributed by atoms with Crippen LogP contribution in [0.25, 0.3) is 10.9 Å². The lowest BCUT2D eigenvalue weighted by atomic mass is 10.0. The van der Waals surface area contributed by atoms with E-state index in [4.69, 9.17) is 9.47 Å². The Morgan fingerprint density at radius 3 is 2.88 bits per heavy atom. The van der Waals surface area contributed by atoms with Crippen LogP contribution in [0.5, 0.6) is 0 Å². The van der Waals surface area contributed by atoms with Gasteiger partial charge in [-0.1, -0.05) is 25.1 Å². The Hall–Kier alpha value is -2.47. The molecule has 1 atom stereocenters. The van der Waals surface area contributed by atoms with Gasteiger partial charge in [-0.15, -0.1) is 0 Å². The number of ether oxygens (including phenoxy) is 2. The molecule has 1 aromatic carbocycles. The average Bonchev–Trinajstić information content (AvgIpc) is 3.17. The van der Waals surface area contributed by atoms with Crippen molar-refractivity contribution < 1.29 is 19.1 Å². The van der Waals surface area contributed by atoms with E-state index in [0.717, 1.165) is 48.0 Å². The minimum absolute atomic E-state index is 0.0631. The van der Waals surface area contributed by atoms with Crippen molar-refractivity contribution in [2.75, 3.05) is 19.8 Å². The van der Waals surface area contributed by atoms with Gasteiger partial charge in [0.25, 0.3) is 5.91 Å². The number of aromatic nitrogens is 1. The van der Waals surface area contributed by atoms with Gasteiger partial charge in [-0.2, -0.15) is 0 Å². The minimum Gasteiger partial charge on any atom is -0.452 e. The normalized spacial score (nSPS) is 16.6. The van der Waals surface area contributed by atoms with Crippen LogP contribution in [0.2, 0.25) is 0 Å². The molecule has 3 rings (SSSR count). The Balaban J connectivity index is 1.69. The summed E-state index contributed by atoms with van der Waals surface area (Å²) in [4.78, 5) is 29.2. The number of hydrogen-bond donors (Lipinski definition) is 1. The van der Waals surface area contributed by atoms with Crippen LogP contribution >= 0.6 is 0 Å². The van der Waals surface area contributed by atoms with Gasteiger partial charge in [-0.05, 0) is 37.8 Å². The number of nitrogens with zero attached hydrogens (tertiary/aromatic N) is 1. The summed E-state index contributed by atoms with van der Waals surface area (Å²) in [5.41, 5.74) is 2.90. The van der Waals surface area contributed by atoms with Crippen LogP contribution < -0.4 is 5.32 Å². The predicted octanol–water partition coefficient (Wildman–Crippen LogP) is 2.56. The van der Waals surface area contributed by atoms with Crippen LogP contribution in [-0.4, -0.2) is 42.7 Å². The first-order chi connectivity index (χ1) is 12.6. The summed E-state index contributed by atoms with van der Waals surface area (Å²) < 4.78 is 10.7. The Kier molecular flexibility index (Phi) is 5.83. The zero-order chi connectivity index (χ0) is 18.5. The molecule has 0 spiro atoms. The molecule has 1 saturated heterocycles. The number of hydrogen-bond acceptors (Lipinski definition) is 5. The van der Waals surface area contributed by atoms with Crippen LogP contribution in [0.4, 0.5) is 0 Å². The molecule has 1 N–H and O–H groups in total. The molecule has 2 aromatic rings. The smallest absolute Gasteiger partial charge is 0.339 e. The number of benzene rings is 1. The Morgan fingerprint density at radius 2 is 2.15 bits per heavy atom. The minimum atomic E-state index is -0.497. The number of carbonyl (C=O) groups is 2. The van der Waals surface area contributed by atoms with Gasteiger partial charge in [0.05, 0.1) is 17.2 Å². The third-order valence-electron chi connectivity index (χ3n) is 4.66. The lowest BCUT2D eigenvalue weighted by Gasteiger charge is -2.14. The van der Waals surface area contributed by atoms with E-state index < -0.39 is 5.97 Å². The molecule has 1 fully saturated rings. The van der Waals surface area contributed by atoms with Crippen molar-refractivity contribution in [1.82, 2.24) is 10.3 Å². The van der Waals surface area contributed by atoms with Gasteiger partial charge in [0.2, 0.25) is 0 Å². The van der Waals surface area contributed by atoms with E-state index in [1.54, 1.807) is 0 Å². The van der Waals surface area contributed by atoms with E-state index in [1.807, 2.05) is 38.1 Å². The molecule has 0 aliphatic carbocycles. The fourth-order valence-corrected chi connectivity index (χ4v) is 3.25. The van der Waals surface area contributed by atoms with Gasteiger partial charge in [0, 0.05) is 24.2 Å². The molecule has 0 bridgehead atoms. The maximum absolute atomic E-state index is 12.7. The SMILES string of the molecule is CCc1nc2ccccc2c(C(=O)OCC(=O)NC[C@@H]2CCCO2)c1C. The maximum atomic E-state index is 12.7. The molecule has 138 valence electrons. The van der Waals surface area contributed by atoms with Gasteiger partial charge in [-0.25, -0.2) is 4.79 Å². The highest BCUT2D eigenvalue weighted by atomic mass is 16.5. The highest BCUT2D eigenvalue weighted by molar-refractivity contribution is 6.05. The summed E-state index contributed by atoms with van der Waals surface area (Å²) >= 11 is 0. The van der Waals surface area contributed by atoms with E-state index in [0.29, 0.717) is 12.1 Å². The molecule has 6 heteroatoms. The molecule has 2 heterocycles. The molecular formula is C20H24N2O4. The second kappa shape index (κ2) is 8.27. The third-order valence-corrected chi connectivity index (χ3v) is 4.66. The second-order valence-electron chi connectivity index (χ2n) is 6.44. The van der Waals surface area contributed by atoms with Gasteiger partial charge in [-0.3, -0.25) is 9.78 Å². The molecular weight excluding hydrogens is 332 g/mol.